The van der Waals surface area contributed by atoms with Gasteiger partial charge in [-0.1, -0.05) is 24.3 Å². The van der Waals surface area contributed by atoms with Gasteiger partial charge in [-0.25, -0.2) is 0 Å². The van der Waals surface area contributed by atoms with Gasteiger partial charge < -0.3 is 10.4 Å². The van der Waals surface area contributed by atoms with Crippen molar-refractivity contribution in [2.24, 2.45) is 0 Å². The molecule has 2 heteroatoms. The highest BCUT2D eigenvalue weighted by Crippen LogP contribution is 2.22. The molecule has 0 spiro atoms. The van der Waals surface area contributed by atoms with Gasteiger partial charge in [0.15, 0.2) is 0 Å². The highest BCUT2D eigenvalue weighted by atomic mass is 16.3. The van der Waals surface area contributed by atoms with E-state index in [0.717, 1.165) is 5.69 Å². The van der Waals surface area contributed by atoms with Gasteiger partial charge in [-0.2, -0.15) is 0 Å². The molecule has 0 radical (unpaired) electrons. The number of hydrogen-bond donors (Lipinski definition) is 2. The Kier molecular flexibility index (Phi) is 3.33. The fourth-order valence-electron chi connectivity index (χ4n) is 1.96. The molecule has 0 heterocycles. The van der Waals surface area contributed by atoms with E-state index < -0.39 is 0 Å². The minimum atomic E-state index is 0.251. The Morgan fingerprint density at radius 1 is 1.00 bits per heavy atom. The van der Waals surface area contributed by atoms with Gasteiger partial charge in [0.2, 0.25) is 0 Å². The summed E-state index contributed by atoms with van der Waals surface area (Å²) in [5, 5.41) is 12.6. The number of phenols is 1. The highest BCUT2D eigenvalue weighted by Gasteiger charge is 2.07. The lowest BCUT2D eigenvalue weighted by Gasteiger charge is -2.17. The Hall–Kier alpha value is -1.96. The second-order valence-corrected chi connectivity index (χ2v) is 4.27. The van der Waals surface area contributed by atoms with Crippen LogP contribution in [0.2, 0.25) is 0 Å². The van der Waals surface area contributed by atoms with E-state index in [1.807, 2.05) is 18.2 Å². The van der Waals surface area contributed by atoms with Crippen LogP contribution in [0.3, 0.4) is 0 Å². The van der Waals surface area contributed by atoms with Crippen LogP contribution >= 0.6 is 0 Å². The summed E-state index contributed by atoms with van der Waals surface area (Å²) in [5.41, 5.74) is 3.59. The van der Waals surface area contributed by atoms with Crippen molar-refractivity contribution < 1.29 is 5.11 Å². The van der Waals surface area contributed by atoms with Crippen LogP contribution in [0.15, 0.2) is 48.5 Å². The number of phenolic OH excluding ortho intramolecular Hbond substituents is 1. The van der Waals surface area contributed by atoms with Crippen molar-refractivity contribution in [1.82, 2.24) is 0 Å². The fourth-order valence-corrected chi connectivity index (χ4v) is 1.96. The molecule has 88 valence electrons. The zero-order valence-electron chi connectivity index (χ0n) is 10.1. The van der Waals surface area contributed by atoms with Crippen molar-refractivity contribution in [3.05, 3.63) is 59.7 Å². The van der Waals surface area contributed by atoms with Crippen molar-refractivity contribution in [3.8, 4) is 5.75 Å². The lowest BCUT2D eigenvalue weighted by molar-refractivity contribution is 0.475. The van der Waals surface area contributed by atoms with Crippen LogP contribution < -0.4 is 5.32 Å². The number of hydrogen-bond acceptors (Lipinski definition) is 2. The summed E-state index contributed by atoms with van der Waals surface area (Å²) in [6, 6.07) is 15.7. The Labute approximate surface area is 102 Å². The largest absolute Gasteiger partial charge is 0.508 e. The van der Waals surface area contributed by atoms with Crippen LogP contribution in [0.1, 0.15) is 24.1 Å². The molecule has 2 rings (SSSR count). The number of benzene rings is 2. The molecule has 0 aliphatic carbocycles. The smallest absolute Gasteiger partial charge is 0.115 e. The van der Waals surface area contributed by atoms with Crippen LogP contribution in [-0.4, -0.2) is 5.11 Å². The molecule has 2 nitrogen and oxygen atoms in total. The number of aromatic hydroxyl groups is 1. The maximum absolute atomic E-state index is 9.22. The van der Waals surface area contributed by atoms with Crippen LogP contribution in [0.25, 0.3) is 0 Å². The van der Waals surface area contributed by atoms with E-state index in [2.05, 4.69) is 37.4 Å². The third-order valence-electron chi connectivity index (χ3n) is 2.91. The molecule has 0 fully saturated rings. The summed E-state index contributed by atoms with van der Waals surface area (Å²) >= 11 is 0. The average molecular weight is 227 g/mol. The Morgan fingerprint density at radius 3 is 2.29 bits per heavy atom. The molecule has 0 saturated heterocycles. The fraction of sp³-hybridized carbons (Fsp3) is 0.200. The normalized spacial score (nSPS) is 12.1. The molecule has 0 aliphatic rings. The van der Waals surface area contributed by atoms with E-state index >= 15 is 0 Å². The van der Waals surface area contributed by atoms with Gasteiger partial charge in [0.05, 0.1) is 0 Å². The number of rotatable bonds is 3. The Bertz CT molecular complexity index is 491. The van der Waals surface area contributed by atoms with Crippen molar-refractivity contribution in [2.45, 2.75) is 19.9 Å². The molecule has 0 aromatic heterocycles. The summed E-state index contributed by atoms with van der Waals surface area (Å²) in [6.07, 6.45) is 0. The quantitative estimate of drug-likeness (QED) is 0.780. The van der Waals surface area contributed by atoms with Gasteiger partial charge >= 0.3 is 0 Å². The van der Waals surface area contributed by atoms with Gasteiger partial charge in [-0.15, -0.1) is 0 Å². The molecule has 0 bridgehead atoms. The van der Waals surface area contributed by atoms with E-state index in [1.165, 1.54) is 11.1 Å². The molecule has 0 amide bonds. The van der Waals surface area contributed by atoms with E-state index in [0.29, 0.717) is 5.75 Å². The van der Waals surface area contributed by atoms with Crippen molar-refractivity contribution in [1.29, 1.82) is 0 Å². The zero-order valence-corrected chi connectivity index (χ0v) is 10.1. The number of aryl methyl sites for hydroxylation is 1. The van der Waals surface area contributed by atoms with Gasteiger partial charge in [0.1, 0.15) is 5.75 Å². The van der Waals surface area contributed by atoms with Crippen LogP contribution in [0.5, 0.6) is 5.75 Å². The molecular formula is C15H17NO. The number of nitrogens with one attached hydrogen (secondary N) is 1. The van der Waals surface area contributed by atoms with E-state index in [9.17, 15) is 5.11 Å². The molecule has 1 atom stereocenters. The summed E-state index contributed by atoms with van der Waals surface area (Å²) in [7, 11) is 0. The second-order valence-electron chi connectivity index (χ2n) is 4.27. The first-order chi connectivity index (χ1) is 8.16. The predicted octanol–water partition coefficient (Wildman–Crippen LogP) is 3.87. The summed E-state index contributed by atoms with van der Waals surface area (Å²) < 4.78 is 0. The van der Waals surface area contributed by atoms with E-state index in [-0.39, 0.29) is 6.04 Å². The summed E-state index contributed by atoms with van der Waals surface area (Å²) in [4.78, 5) is 0. The van der Waals surface area contributed by atoms with E-state index in [4.69, 9.17) is 0 Å². The maximum atomic E-state index is 9.22. The van der Waals surface area contributed by atoms with Crippen molar-refractivity contribution in [3.63, 3.8) is 0 Å². The highest BCUT2D eigenvalue weighted by molar-refractivity contribution is 5.48. The maximum Gasteiger partial charge on any atom is 0.115 e. The first kappa shape index (κ1) is 11.5. The monoisotopic (exact) mass is 227 g/mol. The number of anilines is 1. The van der Waals surface area contributed by atoms with E-state index in [1.54, 1.807) is 12.1 Å². The topological polar surface area (TPSA) is 32.3 Å². The third-order valence-corrected chi connectivity index (χ3v) is 2.91. The molecule has 2 aromatic rings. The molecular weight excluding hydrogens is 210 g/mol. The molecule has 1 unspecified atom stereocenters. The van der Waals surface area contributed by atoms with Gasteiger partial charge in [0, 0.05) is 11.7 Å². The summed E-state index contributed by atoms with van der Waals surface area (Å²) in [5.74, 6) is 0.291. The molecule has 17 heavy (non-hydrogen) atoms. The second kappa shape index (κ2) is 4.91. The van der Waals surface area contributed by atoms with Crippen LogP contribution in [0, 0.1) is 6.92 Å². The Balaban J connectivity index is 2.14. The first-order valence-corrected chi connectivity index (χ1v) is 5.78. The minimum Gasteiger partial charge on any atom is -0.508 e. The molecule has 2 N–H and O–H groups in total. The van der Waals surface area contributed by atoms with Gasteiger partial charge in [-0.05, 0) is 49.2 Å². The standard InChI is InChI=1S/C15H17NO/c1-11-5-3-4-6-15(11)12(2)16-13-7-9-14(17)10-8-13/h3-10,12,16-17H,1-2H3. The minimum absolute atomic E-state index is 0.251. The zero-order chi connectivity index (χ0) is 12.3. The van der Waals surface area contributed by atoms with Crippen molar-refractivity contribution >= 4 is 5.69 Å². The van der Waals surface area contributed by atoms with Gasteiger partial charge in [-0.3, -0.25) is 0 Å². The lowest BCUT2D eigenvalue weighted by atomic mass is 10.0. The molecule has 0 saturated carbocycles. The summed E-state index contributed by atoms with van der Waals surface area (Å²) in [6.45, 7) is 4.25. The van der Waals surface area contributed by atoms with Crippen LogP contribution in [-0.2, 0) is 0 Å². The average Bonchev–Trinajstić information content (AvgIpc) is 2.32. The molecule has 2 aromatic carbocycles. The molecule has 0 aliphatic heterocycles. The third kappa shape index (κ3) is 2.78. The predicted molar refractivity (Wildman–Crippen MR) is 71.3 cm³/mol. The van der Waals surface area contributed by atoms with Crippen molar-refractivity contribution in [2.75, 3.05) is 5.32 Å². The first-order valence-electron chi connectivity index (χ1n) is 5.78. The van der Waals surface area contributed by atoms with Crippen LogP contribution in [0.4, 0.5) is 5.69 Å². The Morgan fingerprint density at radius 2 is 1.65 bits per heavy atom. The SMILES string of the molecule is Cc1ccccc1C(C)Nc1ccc(O)cc1. The lowest BCUT2D eigenvalue weighted by Crippen LogP contribution is -2.07. The van der Waals surface area contributed by atoms with Gasteiger partial charge in [0.25, 0.3) is 0 Å².